The molecule has 0 aliphatic rings. The molecule has 0 fully saturated rings. The lowest BCUT2D eigenvalue weighted by Gasteiger charge is -2.17. The Labute approximate surface area is 164 Å². The van der Waals surface area contributed by atoms with Crippen molar-refractivity contribution in [2.45, 2.75) is 6.92 Å². The van der Waals surface area contributed by atoms with E-state index in [1.165, 1.54) is 0 Å². The van der Waals surface area contributed by atoms with Gasteiger partial charge in [0.1, 0.15) is 5.75 Å². The standard InChI is InChI=1S/C23H22N2O3/c1-3-28-21-14-8-9-17(16-21)22(26)24-19-11-7-10-18(15-19)23(27)25(2)20-12-5-4-6-13-20/h4-16H,3H2,1-2H3,(H,24,26). The molecule has 0 heterocycles. The summed E-state index contributed by atoms with van der Waals surface area (Å²) in [6.07, 6.45) is 0. The highest BCUT2D eigenvalue weighted by molar-refractivity contribution is 6.08. The first-order valence-corrected chi connectivity index (χ1v) is 9.06. The fourth-order valence-corrected chi connectivity index (χ4v) is 2.79. The van der Waals surface area contributed by atoms with Crippen molar-refractivity contribution >= 4 is 23.2 Å². The van der Waals surface area contributed by atoms with Gasteiger partial charge in [0.05, 0.1) is 6.61 Å². The van der Waals surface area contributed by atoms with Gasteiger partial charge in [0.15, 0.2) is 0 Å². The fourth-order valence-electron chi connectivity index (χ4n) is 2.79. The maximum atomic E-state index is 12.8. The number of amides is 2. The number of carbonyl (C=O) groups excluding carboxylic acids is 2. The summed E-state index contributed by atoms with van der Waals surface area (Å²) < 4.78 is 5.44. The summed E-state index contributed by atoms with van der Waals surface area (Å²) in [6.45, 7) is 2.42. The van der Waals surface area contributed by atoms with Crippen molar-refractivity contribution in [3.05, 3.63) is 90.0 Å². The highest BCUT2D eigenvalue weighted by atomic mass is 16.5. The molecule has 5 nitrogen and oxygen atoms in total. The number of rotatable bonds is 6. The first-order chi connectivity index (χ1) is 13.6. The van der Waals surface area contributed by atoms with Crippen molar-refractivity contribution in [3.63, 3.8) is 0 Å². The van der Waals surface area contributed by atoms with Gasteiger partial charge >= 0.3 is 0 Å². The Balaban J connectivity index is 1.75. The molecule has 0 unspecified atom stereocenters. The molecule has 3 aromatic carbocycles. The number of benzene rings is 3. The van der Waals surface area contributed by atoms with Gasteiger partial charge in [0, 0.05) is 29.5 Å². The van der Waals surface area contributed by atoms with Gasteiger partial charge in [-0.15, -0.1) is 0 Å². The second-order valence-corrected chi connectivity index (χ2v) is 6.20. The lowest BCUT2D eigenvalue weighted by molar-refractivity contribution is 0.0990. The van der Waals surface area contributed by atoms with Gasteiger partial charge in [0.2, 0.25) is 0 Å². The first kappa shape index (κ1) is 19.2. The maximum Gasteiger partial charge on any atom is 0.258 e. The number of nitrogens with zero attached hydrogens (tertiary/aromatic N) is 1. The fraction of sp³-hybridized carbons (Fsp3) is 0.130. The predicted octanol–water partition coefficient (Wildman–Crippen LogP) is 4.61. The van der Waals surface area contributed by atoms with Crippen molar-refractivity contribution in [2.24, 2.45) is 0 Å². The summed E-state index contributed by atoms with van der Waals surface area (Å²) >= 11 is 0. The van der Waals surface area contributed by atoms with Crippen molar-refractivity contribution in [2.75, 3.05) is 23.9 Å². The third kappa shape index (κ3) is 4.57. The molecule has 0 saturated heterocycles. The first-order valence-electron chi connectivity index (χ1n) is 9.06. The molecule has 0 atom stereocenters. The second-order valence-electron chi connectivity index (χ2n) is 6.20. The molecular weight excluding hydrogens is 352 g/mol. The van der Waals surface area contributed by atoms with E-state index in [1.54, 1.807) is 60.5 Å². The van der Waals surface area contributed by atoms with Gasteiger partial charge < -0.3 is 15.0 Å². The number of ether oxygens (including phenoxy) is 1. The van der Waals surface area contributed by atoms with Crippen LogP contribution in [0.4, 0.5) is 11.4 Å². The van der Waals surface area contributed by atoms with E-state index in [9.17, 15) is 9.59 Å². The van der Waals surface area contributed by atoms with Crippen LogP contribution in [0.1, 0.15) is 27.6 Å². The summed E-state index contributed by atoms with van der Waals surface area (Å²) in [5.41, 5.74) is 2.34. The summed E-state index contributed by atoms with van der Waals surface area (Å²) in [5.74, 6) is 0.228. The third-order valence-electron chi connectivity index (χ3n) is 4.22. The minimum absolute atomic E-state index is 0.152. The van der Waals surface area contributed by atoms with Crippen LogP contribution in [-0.2, 0) is 0 Å². The van der Waals surface area contributed by atoms with E-state index in [0.29, 0.717) is 29.2 Å². The topological polar surface area (TPSA) is 58.6 Å². The van der Waals surface area contributed by atoms with Crippen LogP contribution in [0, 0.1) is 0 Å². The number of hydrogen-bond acceptors (Lipinski definition) is 3. The largest absolute Gasteiger partial charge is 0.494 e. The van der Waals surface area contributed by atoms with E-state index in [1.807, 2.05) is 37.3 Å². The maximum absolute atomic E-state index is 12.8. The highest BCUT2D eigenvalue weighted by Crippen LogP contribution is 2.19. The summed E-state index contributed by atoms with van der Waals surface area (Å²) in [4.78, 5) is 26.9. The Kier molecular flexibility index (Phi) is 6.07. The lowest BCUT2D eigenvalue weighted by Crippen LogP contribution is -2.26. The van der Waals surface area contributed by atoms with Crippen molar-refractivity contribution in [3.8, 4) is 5.75 Å². The van der Waals surface area contributed by atoms with Crippen LogP contribution in [0.5, 0.6) is 5.75 Å². The molecule has 0 spiro atoms. The van der Waals surface area contributed by atoms with Crippen LogP contribution in [0.3, 0.4) is 0 Å². The Morgan fingerprint density at radius 3 is 2.36 bits per heavy atom. The van der Waals surface area contributed by atoms with Crippen LogP contribution in [0.2, 0.25) is 0 Å². The number of anilines is 2. The Morgan fingerprint density at radius 2 is 1.61 bits per heavy atom. The third-order valence-corrected chi connectivity index (χ3v) is 4.22. The molecule has 142 valence electrons. The molecule has 0 aliphatic heterocycles. The van der Waals surface area contributed by atoms with Crippen molar-refractivity contribution < 1.29 is 14.3 Å². The zero-order valence-electron chi connectivity index (χ0n) is 15.9. The van der Waals surface area contributed by atoms with E-state index in [-0.39, 0.29) is 11.8 Å². The summed E-state index contributed by atoms with van der Waals surface area (Å²) in [5, 5.41) is 2.84. The van der Waals surface area contributed by atoms with Crippen molar-refractivity contribution in [1.29, 1.82) is 0 Å². The number of para-hydroxylation sites is 1. The molecule has 5 heteroatoms. The molecule has 0 saturated carbocycles. The molecule has 2 amide bonds. The van der Waals surface area contributed by atoms with E-state index in [4.69, 9.17) is 4.74 Å². The molecule has 3 rings (SSSR count). The van der Waals surface area contributed by atoms with Crippen LogP contribution >= 0.6 is 0 Å². The summed E-state index contributed by atoms with van der Waals surface area (Å²) in [6, 6.07) is 23.3. The second kappa shape index (κ2) is 8.86. The molecule has 1 N–H and O–H groups in total. The molecule has 3 aromatic rings. The minimum Gasteiger partial charge on any atom is -0.494 e. The van der Waals surface area contributed by atoms with Gasteiger partial charge in [-0.1, -0.05) is 30.3 Å². The van der Waals surface area contributed by atoms with Gasteiger partial charge in [-0.2, -0.15) is 0 Å². The molecule has 28 heavy (non-hydrogen) atoms. The number of carbonyl (C=O) groups is 2. The number of nitrogens with one attached hydrogen (secondary N) is 1. The van der Waals surface area contributed by atoms with Crippen LogP contribution < -0.4 is 15.0 Å². The predicted molar refractivity (Wildman–Crippen MR) is 111 cm³/mol. The van der Waals surface area contributed by atoms with Crippen LogP contribution in [0.25, 0.3) is 0 Å². The van der Waals surface area contributed by atoms with E-state index < -0.39 is 0 Å². The minimum atomic E-state index is -0.262. The molecule has 0 aliphatic carbocycles. The zero-order valence-corrected chi connectivity index (χ0v) is 15.9. The van der Waals surface area contributed by atoms with Crippen LogP contribution in [0.15, 0.2) is 78.9 Å². The van der Waals surface area contributed by atoms with E-state index >= 15 is 0 Å². The molecule has 0 radical (unpaired) electrons. The SMILES string of the molecule is CCOc1cccc(C(=O)Nc2cccc(C(=O)N(C)c3ccccc3)c2)c1. The number of hydrogen-bond donors (Lipinski definition) is 1. The summed E-state index contributed by atoms with van der Waals surface area (Å²) in [7, 11) is 1.72. The Hall–Kier alpha value is -3.60. The Bertz CT molecular complexity index is 970. The van der Waals surface area contributed by atoms with Gasteiger partial charge in [-0.25, -0.2) is 0 Å². The molecular formula is C23H22N2O3. The van der Waals surface area contributed by atoms with E-state index in [2.05, 4.69) is 5.32 Å². The van der Waals surface area contributed by atoms with Crippen LogP contribution in [-0.4, -0.2) is 25.5 Å². The average molecular weight is 374 g/mol. The van der Waals surface area contributed by atoms with E-state index in [0.717, 1.165) is 5.69 Å². The monoisotopic (exact) mass is 374 g/mol. The quantitative estimate of drug-likeness (QED) is 0.685. The van der Waals surface area contributed by atoms with Crippen molar-refractivity contribution in [1.82, 2.24) is 0 Å². The zero-order chi connectivity index (χ0) is 19.9. The molecule has 0 bridgehead atoms. The van der Waals surface area contributed by atoms with Gasteiger partial charge in [0.25, 0.3) is 11.8 Å². The lowest BCUT2D eigenvalue weighted by atomic mass is 10.1. The highest BCUT2D eigenvalue weighted by Gasteiger charge is 2.14. The smallest absolute Gasteiger partial charge is 0.258 e. The Morgan fingerprint density at radius 1 is 0.893 bits per heavy atom. The average Bonchev–Trinajstić information content (AvgIpc) is 2.74. The van der Waals surface area contributed by atoms with Gasteiger partial charge in [-0.3, -0.25) is 9.59 Å². The van der Waals surface area contributed by atoms with Gasteiger partial charge in [-0.05, 0) is 55.5 Å². The normalized spacial score (nSPS) is 10.2. The molecule has 0 aromatic heterocycles.